The minimum atomic E-state index is -0.0907. The molecular formula is C12H19N3OS. The van der Waals surface area contributed by atoms with Gasteiger partial charge in [-0.25, -0.2) is 4.98 Å². The van der Waals surface area contributed by atoms with Crippen LogP contribution in [0.15, 0.2) is 11.6 Å². The van der Waals surface area contributed by atoms with E-state index in [1.165, 1.54) is 12.8 Å². The van der Waals surface area contributed by atoms with Crippen LogP contribution in [0, 0.1) is 0 Å². The van der Waals surface area contributed by atoms with Crippen molar-refractivity contribution < 1.29 is 5.11 Å². The number of β-amino-alcohol motifs (C(OH)–C–C–N with tert-alkyl or cyclic N) is 1. The lowest BCUT2D eigenvalue weighted by atomic mass is 10.0. The molecule has 2 aliphatic rings. The highest BCUT2D eigenvalue weighted by atomic mass is 32.1. The highest BCUT2D eigenvalue weighted by Crippen LogP contribution is 2.25. The second-order valence-electron chi connectivity index (χ2n) is 4.97. The number of rotatable bonds is 2. The molecule has 0 spiro atoms. The van der Waals surface area contributed by atoms with Gasteiger partial charge in [0, 0.05) is 43.8 Å². The van der Waals surface area contributed by atoms with Crippen molar-refractivity contribution in [3.8, 4) is 0 Å². The van der Waals surface area contributed by atoms with Crippen LogP contribution in [0.2, 0.25) is 0 Å². The Morgan fingerprint density at radius 2 is 2.06 bits per heavy atom. The fourth-order valence-electron chi connectivity index (χ4n) is 2.89. The smallest absolute Gasteiger partial charge is 0.185 e. The lowest BCUT2D eigenvalue weighted by Gasteiger charge is -2.36. The van der Waals surface area contributed by atoms with Crippen LogP contribution in [0.5, 0.6) is 0 Å². The molecule has 3 rings (SSSR count). The maximum atomic E-state index is 9.57. The standard InChI is InChI=1S/C12H19N3OS/c16-11-3-7-15(9-11)10-1-5-14(6-2-10)12-13-4-8-17-12/h4,8,10-11,16H,1-3,5-7,9H2. The summed E-state index contributed by atoms with van der Waals surface area (Å²) in [6, 6.07) is 0.670. The molecule has 1 atom stereocenters. The molecule has 0 amide bonds. The predicted octanol–water partition coefficient (Wildman–Crippen LogP) is 1.18. The van der Waals surface area contributed by atoms with E-state index in [4.69, 9.17) is 0 Å². The zero-order valence-electron chi connectivity index (χ0n) is 9.96. The summed E-state index contributed by atoms with van der Waals surface area (Å²) in [5.41, 5.74) is 0. The molecule has 1 aromatic heterocycles. The third-order valence-electron chi connectivity index (χ3n) is 3.87. The van der Waals surface area contributed by atoms with Crippen molar-refractivity contribution in [1.29, 1.82) is 0 Å². The van der Waals surface area contributed by atoms with E-state index in [-0.39, 0.29) is 6.10 Å². The number of aliphatic hydroxyl groups is 1. The number of piperidine rings is 1. The summed E-state index contributed by atoms with van der Waals surface area (Å²) in [4.78, 5) is 9.21. The Morgan fingerprint density at radius 1 is 1.24 bits per heavy atom. The van der Waals surface area contributed by atoms with Gasteiger partial charge in [0.15, 0.2) is 5.13 Å². The van der Waals surface area contributed by atoms with E-state index in [9.17, 15) is 5.11 Å². The maximum absolute atomic E-state index is 9.57. The van der Waals surface area contributed by atoms with E-state index in [2.05, 4.69) is 14.8 Å². The van der Waals surface area contributed by atoms with Gasteiger partial charge in [-0.05, 0) is 19.3 Å². The zero-order chi connectivity index (χ0) is 11.7. The molecule has 1 unspecified atom stereocenters. The van der Waals surface area contributed by atoms with E-state index >= 15 is 0 Å². The second kappa shape index (κ2) is 4.92. The van der Waals surface area contributed by atoms with Crippen LogP contribution in [0.25, 0.3) is 0 Å². The molecule has 5 heteroatoms. The van der Waals surface area contributed by atoms with Gasteiger partial charge in [0.1, 0.15) is 0 Å². The summed E-state index contributed by atoms with van der Waals surface area (Å²) >= 11 is 1.72. The highest BCUT2D eigenvalue weighted by Gasteiger charge is 2.30. The van der Waals surface area contributed by atoms with Crippen molar-refractivity contribution in [2.24, 2.45) is 0 Å². The Morgan fingerprint density at radius 3 is 2.65 bits per heavy atom. The third kappa shape index (κ3) is 2.46. The van der Waals surface area contributed by atoms with E-state index in [1.807, 2.05) is 11.6 Å². The average molecular weight is 253 g/mol. The van der Waals surface area contributed by atoms with Gasteiger partial charge in [0.2, 0.25) is 0 Å². The Balaban J connectivity index is 1.54. The molecule has 1 N–H and O–H groups in total. The Kier molecular flexibility index (Phi) is 3.31. The minimum Gasteiger partial charge on any atom is -0.392 e. The zero-order valence-corrected chi connectivity index (χ0v) is 10.8. The first-order chi connectivity index (χ1) is 8.33. The molecule has 17 heavy (non-hydrogen) atoms. The van der Waals surface area contributed by atoms with Crippen LogP contribution in [0.4, 0.5) is 5.13 Å². The largest absolute Gasteiger partial charge is 0.392 e. The van der Waals surface area contributed by atoms with Crippen LogP contribution in [0.3, 0.4) is 0 Å². The summed E-state index contributed by atoms with van der Waals surface area (Å²) in [5, 5.41) is 12.8. The van der Waals surface area contributed by atoms with Crippen LogP contribution in [-0.2, 0) is 0 Å². The first kappa shape index (κ1) is 11.4. The van der Waals surface area contributed by atoms with Crippen molar-refractivity contribution in [1.82, 2.24) is 9.88 Å². The number of likely N-dealkylation sites (tertiary alicyclic amines) is 1. The van der Waals surface area contributed by atoms with Gasteiger partial charge in [-0.3, -0.25) is 4.90 Å². The average Bonchev–Trinajstić information content (AvgIpc) is 3.00. The van der Waals surface area contributed by atoms with E-state index in [1.54, 1.807) is 11.3 Å². The number of nitrogens with zero attached hydrogens (tertiary/aromatic N) is 3. The van der Waals surface area contributed by atoms with Crippen LogP contribution in [0.1, 0.15) is 19.3 Å². The third-order valence-corrected chi connectivity index (χ3v) is 4.70. The van der Waals surface area contributed by atoms with E-state index in [0.717, 1.165) is 37.7 Å². The maximum Gasteiger partial charge on any atom is 0.185 e. The van der Waals surface area contributed by atoms with Crippen molar-refractivity contribution in [3.05, 3.63) is 11.6 Å². The van der Waals surface area contributed by atoms with E-state index in [0.29, 0.717) is 6.04 Å². The fourth-order valence-corrected chi connectivity index (χ4v) is 3.59. The number of hydrogen-bond donors (Lipinski definition) is 1. The van der Waals surface area contributed by atoms with Gasteiger partial charge in [0.25, 0.3) is 0 Å². The predicted molar refractivity (Wildman–Crippen MR) is 69.5 cm³/mol. The first-order valence-electron chi connectivity index (χ1n) is 6.39. The molecule has 94 valence electrons. The topological polar surface area (TPSA) is 39.6 Å². The monoisotopic (exact) mass is 253 g/mol. The molecule has 3 heterocycles. The summed E-state index contributed by atoms with van der Waals surface area (Å²) < 4.78 is 0. The van der Waals surface area contributed by atoms with Crippen LogP contribution in [-0.4, -0.2) is 53.3 Å². The second-order valence-corrected chi connectivity index (χ2v) is 5.84. The van der Waals surface area contributed by atoms with Gasteiger partial charge >= 0.3 is 0 Å². The Hall–Kier alpha value is -0.650. The van der Waals surface area contributed by atoms with Crippen LogP contribution < -0.4 is 4.90 Å². The molecule has 4 nitrogen and oxygen atoms in total. The summed E-state index contributed by atoms with van der Waals surface area (Å²) in [7, 11) is 0. The lowest BCUT2D eigenvalue weighted by molar-refractivity contribution is 0.148. The van der Waals surface area contributed by atoms with Gasteiger partial charge in [0.05, 0.1) is 6.10 Å². The number of thiazole rings is 1. The molecule has 1 aromatic rings. The van der Waals surface area contributed by atoms with Gasteiger partial charge in [-0.15, -0.1) is 11.3 Å². The Bertz CT molecular complexity index is 349. The van der Waals surface area contributed by atoms with Crippen molar-refractivity contribution >= 4 is 16.5 Å². The van der Waals surface area contributed by atoms with Gasteiger partial charge < -0.3 is 10.0 Å². The molecule has 0 aromatic carbocycles. The molecule has 2 fully saturated rings. The number of hydrogen-bond acceptors (Lipinski definition) is 5. The molecule has 0 bridgehead atoms. The molecule has 0 radical (unpaired) electrons. The molecule has 2 saturated heterocycles. The van der Waals surface area contributed by atoms with Gasteiger partial charge in [-0.2, -0.15) is 0 Å². The van der Waals surface area contributed by atoms with Crippen molar-refractivity contribution in [2.75, 3.05) is 31.1 Å². The molecule has 0 aliphatic carbocycles. The van der Waals surface area contributed by atoms with E-state index < -0.39 is 0 Å². The first-order valence-corrected chi connectivity index (χ1v) is 7.27. The minimum absolute atomic E-state index is 0.0907. The molecule has 2 aliphatic heterocycles. The molecular weight excluding hydrogens is 234 g/mol. The van der Waals surface area contributed by atoms with Crippen LogP contribution >= 0.6 is 11.3 Å². The summed E-state index contributed by atoms with van der Waals surface area (Å²) in [5.74, 6) is 0. The van der Waals surface area contributed by atoms with Gasteiger partial charge in [-0.1, -0.05) is 0 Å². The quantitative estimate of drug-likeness (QED) is 0.859. The fraction of sp³-hybridized carbons (Fsp3) is 0.750. The van der Waals surface area contributed by atoms with Crippen molar-refractivity contribution in [3.63, 3.8) is 0 Å². The normalized spacial score (nSPS) is 27.8. The highest BCUT2D eigenvalue weighted by molar-refractivity contribution is 7.13. The number of anilines is 1. The number of aliphatic hydroxyl groups excluding tert-OH is 1. The SMILES string of the molecule is OC1CCN(C2CCN(c3nccs3)CC2)C1. The summed E-state index contributed by atoms with van der Waals surface area (Å²) in [6.45, 7) is 4.15. The number of aromatic nitrogens is 1. The van der Waals surface area contributed by atoms with Crippen molar-refractivity contribution in [2.45, 2.75) is 31.4 Å². The molecule has 0 saturated carbocycles. The lowest BCUT2D eigenvalue weighted by Crippen LogP contribution is -2.44. The summed E-state index contributed by atoms with van der Waals surface area (Å²) in [6.07, 6.45) is 5.14. The Labute approximate surface area is 106 Å².